The molecular formula is C14H19NO5S. The highest BCUT2D eigenvalue weighted by Crippen LogP contribution is 2.24. The molecule has 1 aliphatic heterocycles. The van der Waals surface area contributed by atoms with E-state index in [0.717, 1.165) is 0 Å². The quantitative estimate of drug-likeness (QED) is 0.783. The van der Waals surface area contributed by atoms with Crippen LogP contribution in [-0.4, -0.2) is 52.1 Å². The molecule has 1 aliphatic rings. The van der Waals surface area contributed by atoms with E-state index in [9.17, 15) is 13.2 Å². The molecule has 0 radical (unpaired) electrons. The number of esters is 1. The van der Waals surface area contributed by atoms with E-state index >= 15 is 0 Å². The van der Waals surface area contributed by atoms with Gasteiger partial charge in [-0.2, -0.15) is 4.31 Å². The first-order valence-electron chi connectivity index (χ1n) is 6.71. The van der Waals surface area contributed by atoms with Gasteiger partial charge in [-0.15, -0.1) is 0 Å². The van der Waals surface area contributed by atoms with Gasteiger partial charge in [0.1, 0.15) is 0 Å². The number of hydrogen-bond donors (Lipinski definition) is 0. The first kappa shape index (κ1) is 15.9. The second-order valence-electron chi connectivity index (χ2n) is 4.83. The molecular weight excluding hydrogens is 294 g/mol. The normalized spacial score (nSPS) is 17.6. The molecule has 1 aromatic rings. The average molecular weight is 313 g/mol. The summed E-state index contributed by atoms with van der Waals surface area (Å²) in [5.41, 5.74) is 0.0638. The van der Waals surface area contributed by atoms with E-state index in [1.807, 2.05) is 0 Å². The Balaban J connectivity index is 2.31. The summed E-state index contributed by atoms with van der Waals surface area (Å²) in [6, 6.07) is 6.11. The minimum absolute atomic E-state index is 0.00674. The molecule has 0 aromatic heterocycles. The molecule has 1 heterocycles. The fourth-order valence-corrected chi connectivity index (χ4v) is 4.07. The number of methoxy groups -OCH3 is 2. The lowest BCUT2D eigenvalue weighted by molar-refractivity contribution is 0.0586. The summed E-state index contributed by atoms with van der Waals surface area (Å²) in [5.74, 6) is -0.652. The maximum atomic E-state index is 12.7. The maximum Gasteiger partial charge on any atom is 0.339 e. The van der Waals surface area contributed by atoms with Crippen molar-refractivity contribution in [3.8, 4) is 0 Å². The van der Waals surface area contributed by atoms with Crippen LogP contribution in [0.4, 0.5) is 0 Å². The van der Waals surface area contributed by atoms with Gasteiger partial charge in [-0.05, 0) is 25.0 Å². The number of sulfonamides is 1. The summed E-state index contributed by atoms with van der Waals surface area (Å²) in [6.45, 7) is 0.771. The van der Waals surface area contributed by atoms with Crippen LogP contribution >= 0.6 is 0 Å². The summed E-state index contributed by atoms with van der Waals surface area (Å²) in [4.78, 5) is 11.7. The summed E-state index contributed by atoms with van der Waals surface area (Å²) in [5, 5.41) is 0. The molecule has 21 heavy (non-hydrogen) atoms. The van der Waals surface area contributed by atoms with Crippen molar-refractivity contribution in [1.29, 1.82) is 0 Å². The Labute approximate surface area is 124 Å². The number of hydrogen-bond acceptors (Lipinski definition) is 5. The monoisotopic (exact) mass is 313 g/mol. The minimum Gasteiger partial charge on any atom is -0.465 e. The Hall–Kier alpha value is -1.44. The van der Waals surface area contributed by atoms with Crippen LogP contribution in [0, 0.1) is 0 Å². The van der Waals surface area contributed by atoms with E-state index in [1.54, 1.807) is 19.2 Å². The zero-order valence-corrected chi connectivity index (χ0v) is 12.9. The lowest BCUT2D eigenvalue weighted by Crippen LogP contribution is -2.41. The third-order valence-corrected chi connectivity index (χ3v) is 5.60. The van der Waals surface area contributed by atoms with E-state index in [0.29, 0.717) is 25.9 Å². The Bertz CT molecular complexity index is 606. The van der Waals surface area contributed by atoms with Gasteiger partial charge >= 0.3 is 5.97 Å². The van der Waals surface area contributed by atoms with Gasteiger partial charge in [0.15, 0.2) is 0 Å². The molecule has 0 spiro atoms. The molecule has 1 saturated heterocycles. The van der Waals surface area contributed by atoms with Gasteiger partial charge in [-0.25, -0.2) is 13.2 Å². The standard InChI is InChI=1S/C14H19NO5S/c1-19-11-7-9-15(10-8-11)21(17,18)13-6-4-3-5-12(13)14(16)20-2/h3-6,11H,7-10H2,1-2H3. The van der Waals surface area contributed by atoms with E-state index in [-0.39, 0.29) is 16.6 Å². The molecule has 0 atom stereocenters. The van der Waals surface area contributed by atoms with Crippen LogP contribution in [0.3, 0.4) is 0 Å². The fourth-order valence-electron chi connectivity index (χ4n) is 2.42. The number of carbonyl (C=O) groups excluding carboxylic acids is 1. The molecule has 1 aromatic carbocycles. The summed E-state index contributed by atoms with van der Waals surface area (Å²) in [7, 11) is -0.844. The smallest absolute Gasteiger partial charge is 0.339 e. The molecule has 0 N–H and O–H groups in total. The lowest BCUT2D eigenvalue weighted by Gasteiger charge is -2.30. The van der Waals surface area contributed by atoms with Crippen LogP contribution in [0.2, 0.25) is 0 Å². The number of rotatable bonds is 4. The zero-order chi connectivity index (χ0) is 15.5. The van der Waals surface area contributed by atoms with Crippen LogP contribution < -0.4 is 0 Å². The average Bonchev–Trinajstić information content (AvgIpc) is 2.54. The van der Waals surface area contributed by atoms with E-state index in [4.69, 9.17) is 4.74 Å². The number of carbonyl (C=O) groups is 1. The van der Waals surface area contributed by atoms with Gasteiger partial charge in [0.2, 0.25) is 10.0 Å². The lowest BCUT2D eigenvalue weighted by atomic mass is 10.1. The Kier molecular flexibility index (Phi) is 4.97. The molecule has 116 valence electrons. The van der Waals surface area contributed by atoms with Gasteiger partial charge in [-0.3, -0.25) is 0 Å². The van der Waals surface area contributed by atoms with E-state index in [2.05, 4.69) is 4.74 Å². The Morgan fingerprint density at radius 2 is 1.81 bits per heavy atom. The SMILES string of the molecule is COC(=O)c1ccccc1S(=O)(=O)N1CCC(OC)CC1. The van der Waals surface area contributed by atoms with Crippen molar-refractivity contribution in [2.45, 2.75) is 23.8 Å². The number of nitrogens with zero attached hydrogens (tertiary/aromatic N) is 1. The van der Waals surface area contributed by atoms with Crippen LogP contribution in [0.25, 0.3) is 0 Å². The molecule has 2 rings (SSSR count). The summed E-state index contributed by atoms with van der Waals surface area (Å²) >= 11 is 0. The van der Waals surface area contributed by atoms with Gasteiger partial charge in [0.25, 0.3) is 0 Å². The zero-order valence-electron chi connectivity index (χ0n) is 12.1. The van der Waals surface area contributed by atoms with Crippen LogP contribution in [-0.2, 0) is 19.5 Å². The van der Waals surface area contributed by atoms with Crippen molar-refractivity contribution in [2.75, 3.05) is 27.3 Å². The van der Waals surface area contributed by atoms with Gasteiger partial charge in [0.05, 0.1) is 23.7 Å². The topological polar surface area (TPSA) is 72.9 Å². The van der Waals surface area contributed by atoms with Crippen molar-refractivity contribution in [1.82, 2.24) is 4.31 Å². The van der Waals surface area contributed by atoms with Gasteiger partial charge in [-0.1, -0.05) is 12.1 Å². The number of ether oxygens (including phenoxy) is 2. The first-order valence-corrected chi connectivity index (χ1v) is 8.15. The van der Waals surface area contributed by atoms with Crippen molar-refractivity contribution >= 4 is 16.0 Å². The molecule has 0 saturated carbocycles. The second kappa shape index (κ2) is 6.55. The predicted molar refractivity (Wildman–Crippen MR) is 76.6 cm³/mol. The van der Waals surface area contributed by atoms with Crippen LogP contribution in [0.15, 0.2) is 29.2 Å². The largest absolute Gasteiger partial charge is 0.465 e. The molecule has 6 nitrogen and oxygen atoms in total. The van der Waals surface area contributed by atoms with Gasteiger partial charge in [0, 0.05) is 20.2 Å². The predicted octanol–water partition coefficient (Wildman–Crippen LogP) is 1.27. The molecule has 0 amide bonds. The molecule has 0 unspecified atom stereocenters. The molecule has 0 bridgehead atoms. The first-order chi connectivity index (χ1) is 10.0. The van der Waals surface area contributed by atoms with Crippen LogP contribution in [0.5, 0.6) is 0 Å². The second-order valence-corrected chi connectivity index (χ2v) is 6.73. The van der Waals surface area contributed by atoms with Crippen molar-refractivity contribution < 1.29 is 22.7 Å². The third-order valence-electron chi connectivity index (χ3n) is 3.64. The summed E-state index contributed by atoms with van der Waals surface area (Å²) in [6.07, 6.45) is 1.39. The Morgan fingerprint density at radius 1 is 1.19 bits per heavy atom. The molecule has 0 aliphatic carbocycles. The van der Waals surface area contributed by atoms with Crippen molar-refractivity contribution in [3.63, 3.8) is 0 Å². The third kappa shape index (κ3) is 3.25. The highest BCUT2D eigenvalue weighted by molar-refractivity contribution is 7.89. The molecule has 1 fully saturated rings. The number of benzene rings is 1. The minimum atomic E-state index is -3.70. The van der Waals surface area contributed by atoms with Crippen molar-refractivity contribution in [2.24, 2.45) is 0 Å². The number of piperidine rings is 1. The van der Waals surface area contributed by atoms with E-state index in [1.165, 1.54) is 23.5 Å². The Morgan fingerprint density at radius 3 is 2.38 bits per heavy atom. The van der Waals surface area contributed by atoms with E-state index < -0.39 is 16.0 Å². The maximum absolute atomic E-state index is 12.7. The van der Waals surface area contributed by atoms with Crippen LogP contribution in [0.1, 0.15) is 23.2 Å². The highest BCUT2D eigenvalue weighted by Gasteiger charge is 2.32. The fraction of sp³-hybridized carbons (Fsp3) is 0.500. The highest BCUT2D eigenvalue weighted by atomic mass is 32.2. The molecule has 7 heteroatoms. The van der Waals surface area contributed by atoms with Crippen molar-refractivity contribution in [3.05, 3.63) is 29.8 Å². The summed E-state index contributed by atoms with van der Waals surface area (Å²) < 4.78 is 36.7. The van der Waals surface area contributed by atoms with Gasteiger partial charge < -0.3 is 9.47 Å².